The highest BCUT2D eigenvalue weighted by Crippen LogP contribution is 2.18. The summed E-state index contributed by atoms with van der Waals surface area (Å²) in [5.74, 6) is 2.17. The first-order valence-corrected chi connectivity index (χ1v) is 7.95. The SMILES string of the molecule is Cc1cc(N2CCS(=O)(=O)CC(C)C2)nc(C)n1. The minimum absolute atomic E-state index is 0.132. The van der Waals surface area contributed by atoms with Gasteiger partial charge in [-0.2, -0.15) is 0 Å². The lowest BCUT2D eigenvalue weighted by molar-refractivity contribution is 0.581. The van der Waals surface area contributed by atoms with Crippen LogP contribution in [0.4, 0.5) is 5.82 Å². The quantitative estimate of drug-likeness (QED) is 0.760. The third-order valence-electron chi connectivity index (χ3n) is 3.02. The average Bonchev–Trinajstić information content (AvgIpc) is 2.34. The van der Waals surface area contributed by atoms with Gasteiger partial charge in [-0.1, -0.05) is 6.92 Å². The monoisotopic (exact) mass is 269 g/mol. The molecular formula is C12H19N3O2S. The van der Waals surface area contributed by atoms with Gasteiger partial charge < -0.3 is 4.90 Å². The van der Waals surface area contributed by atoms with E-state index in [1.807, 2.05) is 26.8 Å². The molecule has 0 aromatic carbocycles. The van der Waals surface area contributed by atoms with Crippen molar-refractivity contribution in [2.45, 2.75) is 20.8 Å². The van der Waals surface area contributed by atoms with Crippen molar-refractivity contribution >= 4 is 15.7 Å². The van der Waals surface area contributed by atoms with Gasteiger partial charge in [0.05, 0.1) is 11.5 Å². The third kappa shape index (κ3) is 3.19. The fourth-order valence-corrected chi connectivity index (χ4v) is 3.99. The summed E-state index contributed by atoms with van der Waals surface area (Å²) in [6.45, 7) is 7.00. The normalized spacial score (nSPS) is 23.7. The molecule has 2 heterocycles. The number of sulfone groups is 1. The van der Waals surface area contributed by atoms with E-state index in [4.69, 9.17) is 0 Å². The molecule has 0 bridgehead atoms. The first-order valence-electron chi connectivity index (χ1n) is 6.13. The molecule has 18 heavy (non-hydrogen) atoms. The van der Waals surface area contributed by atoms with Crippen molar-refractivity contribution in [1.82, 2.24) is 9.97 Å². The molecule has 0 aliphatic carbocycles. The van der Waals surface area contributed by atoms with Crippen LogP contribution >= 0.6 is 0 Å². The molecule has 1 aromatic heterocycles. The van der Waals surface area contributed by atoms with Gasteiger partial charge in [0.25, 0.3) is 0 Å². The molecule has 0 radical (unpaired) electrons. The van der Waals surface area contributed by atoms with Gasteiger partial charge in [-0.15, -0.1) is 0 Å². The maximum Gasteiger partial charge on any atom is 0.152 e. The van der Waals surface area contributed by atoms with E-state index in [0.29, 0.717) is 6.54 Å². The molecule has 100 valence electrons. The van der Waals surface area contributed by atoms with E-state index in [1.54, 1.807) is 0 Å². The number of aromatic nitrogens is 2. The van der Waals surface area contributed by atoms with Crippen LogP contribution in [0.2, 0.25) is 0 Å². The summed E-state index contributed by atoms with van der Waals surface area (Å²) in [6, 6.07) is 1.91. The van der Waals surface area contributed by atoms with Crippen molar-refractivity contribution in [2.24, 2.45) is 5.92 Å². The minimum Gasteiger partial charge on any atom is -0.355 e. The molecule has 6 heteroatoms. The van der Waals surface area contributed by atoms with Crippen LogP contribution in [0.25, 0.3) is 0 Å². The van der Waals surface area contributed by atoms with Gasteiger partial charge in [0.2, 0.25) is 0 Å². The van der Waals surface area contributed by atoms with Crippen LogP contribution < -0.4 is 4.90 Å². The highest BCUT2D eigenvalue weighted by Gasteiger charge is 2.25. The van der Waals surface area contributed by atoms with Crippen LogP contribution in [-0.4, -0.2) is 43.0 Å². The van der Waals surface area contributed by atoms with Crippen molar-refractivity contribution in [3.05, 3.63) is 17.6 Å². The molecule has 0 saturated carbocycles. The van der Waals surface area contributed by atoms with Crippen molar-refractivity contribution in [1.29, 1.82) is 0 Å². The molecule has 1 unspecified atom stereocenters. The Balaban J connectivity index is 2.27. The largest absolute Gasteiger partial charge is 0.355 e. The second kappa shape index (κ2) is 4.84. The lowest BCUT2D eigenvalue weighted by Crippen LogP contribution is -2.30. The molecule has 0 spiro atoms. The molecule has 1 aromatic rings. The standard InChI is InChI=1S/C12H19N3O2S/c1-9-7-15(4-5-18(16,17)8-9)12-6-10(2)13-11(3)14-12/h6,9H,4-5,7-8H2,1-3H3. The van der Waals surface area contributed by atoms with E-state index in [2.05, 4.69) is 14.9 Å². The van der Waals surface area contributed by atoms with Gasteiger partial charge in [-0.3, -0.25) is 0 Å². The lowest BCUT2D eigenvalue weighted by Gasteiger charge is -2.23. The second-order valence-corrected chi connectivity index (χ2v) is 7.31. The highest BCUT2D eigenvalue weighted by molar-refractivity contribution is 7.91. The van der Waals surface area contributed by atoms with Crippen molar-refractivity contribution in [3.8, 4) is 0 Å². The molecule has 1 saturated heterocycles. The zero-order valence-electron chi connectivity index (χ0n) is 11.0. The molecule has 1 fully saturated rings. The summed E-state index contributed by atoms with van der Waals surface area (Å²) in [6.07, 6.45) is 0. The van der Waals surface area contributed by atoms with Crippen LogP contribution in [0.3, 0.4) is 0 Å². The van der Waals surface area contributed by atoms with Gasteiger partial charge in [-0.05, 0) is 19.8 Å². The Hall–Kier alpha value is -1.17. The molecule has 2 rings (SSSR count). The van der Waals surface area contributed by atoms with Crippen molar-refractivity contribution in [3.63, 3.8) is 0 Å². The highest BCUT2D eigenvalue weighted by atomic mass is 32.2. The number of aryl methyl sites for hydroxylation is 2. The fourth-order valence-electron chi connectivity index (χ4n) is 2.35. The van der Waals surface area contributed by atoms with Gasteiger partial charge in [0.1, 0.15) is 11.6 Å². The number of rotatable bonds is 1. The van der Waals surface area contributed by atoms with Crippen LogP contribution in [0, 0.1) is 19.8 Å². The Morgan fingerprint density at radius 2 is 2.06 bits per heavy atom. The number of hydrogen-bond donors (Lipinski definition) is 0. The van der Waals surface area contributed by atoms with E-state index in [-0.39, 0.29) is 17.4 Å². The van der Waals surface area contributed by atoms with Gasteiger partial charge in [0, 0.05) is 24.8 Å². The zero-order valence-corrected chi connectivity index (χ0v) is 11.9. The Kier molecular flexibility index (Phi) is 3.56. The summed E-state index contributed by atoms with van der Waals surface area (Å²) < 4.78 is 23.5. The number of anilines is 1. The Morgan fingerprint density at radius 3 is 2.72 bits per heavy atom. The number of nitrogens with zero attached hydrogens (tertiary/aromatic N) is 3. The summed E-state index contributed by atoms with van der Waals surface area (Å²) in [7, 11) is -2.91. The minimum atomic E-state index is -2.91. The first-order chi connectivity index (χ1) is 8.35. The first kappa shape index (κ1) is 13.3. The van der Waals surface area contributed by atoms with Crippen LogP contribution in [0.5, 0.6) is 0 Å². The summed E-state index contributed by atoms with van der Waals surface area (Å²) in [4.78, 5) is 10.7. The summed E-state index contributed by atoms with van der Waals surface area (Å²) in [5.41, 5.74) is 0.914. The van der Waals surface area contributed by atoms with Gasteiger partial charge >= 0.3 is 0 Å². The smallest absolute Gasteiger partial charge is 0.152 e. The topological polar surface area (TPSA) is 63.2 Å². The fraction of sp³-hybridized carbons (Fsp3) is 0.667. The predicted molar refractivity (Wildman–Crippen MR) is 71.5 cm³/mol. The van der Waals surface area contributed by atoms with Crippen LogP contribution in [-0.2, 0) is 9.84 Å². The van der Waals surface area contributed by atoms with E-state index in [9.17, 15) is 8.42 Å². The van der Waals surface area contributed by atoms with E-state index in [1.165, 1.54) is 0 Å². The Labute approximate surface area is 108 Å². The zero-order chi connectivity index (χ0) is 13.3. The molecule has 1 aliphatic heterocycles. The van der Waals surface area contributed by atoms with Gasteiger partial charge in [0.15, 0.2) is 9.84 Å². The third-order valence-corrected chi connectivity index (χ3v) is 4.90. The lowest BCUT2D eigenvalue weighted by atomic mass is 10.2. The van der Waals surface area contributed by atoms with Crippen LogP contribution in [0.15, 0.2) is 6.07 Å². The van der Waals surface area contributed by atoms with Crippen LogP contribution in [0.1, 0.15) is 18.4 Å². The Morgan fingerprint density at radius 1 is 1.33 bits per heavy atom. The molecule has 0 N–H and O–H groups in total. The van der Waals surface area contributed by atoms with Crippen molar-refractivity contribution in [2.75, 3.05) is 29.5 Å². The number of hydrogen-bond acceptors (Lipinski definition) is 5. The van der Waals surface area contributed by atoms with Crippen molar-refractivity contribution < 1.29 is 8.42 Å². The van der Waals surface area contributed by atoms with E-state index >= 15 is 0 Å². The van der Waals surface area contributed by atoms with E-state index < -0.39 is 9.84 Å². The summed E-state index contributed by atoms with van der Waals surface area (Å²) in [5, 5.41) is 0. The maximum atomic E-state index is 11.7. The van der Waals surface area contributed by atoms with Gasteiger partial charge in [-0.25, -0.2) is 18.4 Å². The molecule has 5 nitrogen and oxygen atoms in total. The second-order valence-electron chi connectivity index (χ2n) is 5.08. The maximum absolute atomic E-state index is 11.7. The summed E-state index contributed by atoms with van der Waals surface area (Å²) >= 11 is 0. The molecule has 0 amide bonds. The molecule has 1 aliphatic rings. The molecule has 1 atom stereocenters. The Bertz CT molecular complexity index is 522. The van der Waals surface area contributed by atoms with E-state index in [0.717, 1.165) is 23.9 Å². The average molecular weight is 269 g/mol. The molecular weight excluding hydrogens is 250 g/mol. The predicted octanol–water partition coefficient (Wildman–Crippen LogP) is 0.964.